The molecule has 0 fully saturated rings. The number of aliphatic imine (C=N–C) groups is 1. The molecule has 2 nitrogen and oxygen atoms in total. The highest BCUT2D eigenvalue weighted by molar-refractivity contribution is 5.54. The predicted octanol–water partition coefficient (Wildman–Crippen LogP) is 2.59. The lowest BCUT2D eigenvalue weighted by Crippen LogP contribution is -2.26. The van der Waals surface area contributed by atoms with Crippen LogP contribution in [-0.2, 0) is 0 Å². The van der Waals surface area contributed by atoms with E-state index in [1.807, 2.05) is 13.3 Å². The summed E-state index contributed by atoms with van der Waals surface area (Å²) in [5.41, 5.74) is 0. The van der Waals surface area contributed by atoms with Gasteiger partial charge < -0.3 is 5.32 Å². The molecule has 72 valence electrons. The lowest BCUT2D eigenvalue weighted by atomic mass is 10.1. The fourth-order valence-electron chi connectivity index (χ4n) is 1.11. The van der Waals surface area contributed by atoms with Crippen LogP contribution >= 0.6 is 0 Å². The summed E-state index contributed by atoms with van der Waals surface area (Å²) in [6.45, 7) is 7.36. The van der Waals surface area contributed by atoms with Crippen LogP contribution in [0.2, 0.25) is 0 Å². The largest absolute Gasteiger partial charge is 0.374 e. The monoisotopic (exact) mass is 170 g/mol. The Bertz CT molecular complexity index is 110. The first-order valence-electron chi connectivity index (χ1n) is 5.09. The van der Waals surface area contributed by atoms with E-state index in [4.69, 9.17) is 0 Å². The first kappa shape index (κ1) is 11.5. The number of nitrogens with zero attached hydrogens (tertiary/aromatic N) is 1. The molecule has 0 aromatic carbocycles. The smallest absolute Gasteiger partial charge is 0.0825 e. The van der Waals surface area contributed by atoms with Gasteiger partial charge in [-0.15, -0.1) is 0 Å². The molecule has 0 heterocycles. The lowest BCUT2D eigenvalue weighted by Gasteiger charge is -2.13. The molecular formula is C10H22N2. The molecule has 0 radical (unpaired) electrons. The van der Waals surface area contributed by atoms with Crippen molar-refractivity contribution in [2.45, 2.75) is 52.5 Å². The fraction of sp³-hybridized carbons (Fsp3) is 0.900. The quantitative estimate of drug-likeness (QED) is 0.461. The number of rotatable bonds is 7. The number of unbranched alkanes of at least 4 members (excludes halogenated alkanes) is 1. The molecule has 0 rings (SSSR count). The highest BCUT2D eigenvalue weighted by atomic mass is 15.0. The molecule has 0 aliphatic heterocycles. The molecule has 0 saturated carbocycles. The maximum Gasteiger partial charge on any atom is 0.0825 e. The highest BCUT2D eigenvalue weighted by Gasteiger charge is 2.00. The Morgan fingerprint density at radius 2 is 2.08 bits per heavy atom. The zero-order valence-electron chi connectivity index (χ0n) is 8.64. The van der Waals surface area contributed by atoms with Crippen LogP contribution in [0.15, 0.2) is 4.99 Å². The highest BCUT2D eigenvalue weighted by Crippen LogP contribution is 2.02. The van der Waals surface area contributed by atoms with Crippen LogP contribution in [0.5, 0.6) is 0 Å². The molecule has 12 heavy (non-hydrogen) atoms. The van der Waals surface area contributed by atoms with Gasteiger partial charge in [-0.05, 0) is 19.8 Å². The van der Waals surface area contributed by atoms with Gasteiger partial charge >= 0.3 is 0 Å². The van der Waals surface area contributed by atoms with Gasteiger partial charge in [0.05, 0.1) is 6.34 Å². The van der Waals surface area contributed by atoms with Gasteiger partial charge in [-0.3, -0.25) is 4.99 Å². The van der Waals surface area contributed by atoms with E-state index in [-0.39, 0.29) is 0 Å². The minimum Gasteiger partial charge on any atom is -0.374 e. The van der Waals surface area contributed by atoms with Gasteiger partial charge in [-0.25, -0.2) is 0 Å². The van der Waals surface area contributed by atoms with Crippen molar-refractivity contribution in [3.8, 4) is 0 Å². The zero-order valence-corrected chi connectivity index (χ0v) is 8.64. The second-order valence-electron chi connectivity index (χ2n) is 3.04. The third kappa shape index (κ3) is 6.20. The van der Waals surface area contributed by atoms with E-state index in [1.54, 1.807) is 0 Å². The maximum atomic E-state index is 4.13. The second-order valence-corrected chi connectivity index (χ2v) is 3.04. The molecule has 1 N–H and O–H groups in total. The fourth-order valence-corrected chi connectivity index (χ4v) is 1.11. The molecule has 0 aliphatic rings. The van der Waals surface area contributed by atoms with Crippen LogP contribution in [-0.4, -0.2) is 18.9 Å². The summed E-state index contributed by atoms with van der Waals surface area (Å²) in [5, 5.41) is 3.31. The van der Waals surface area contributed by atoms with E-state index < -0.39 is 0 Å². The van der Waals surface area contributed by atoms with Gasteiger partial charge in [0, 0.05) is 12.6 Å². The molecule has 2 heteroatoms. The van der Waals surface area contributed by atoms with Crippen molar-refractivity contribution in [2.24, 2.45) is 4.99 Å². The van der Waals surface area contributed by atoms with Gasteiger partial charge in [0.25, 0.3) is 0 Å². The number of hydrogen-bond acceptors (Lipinski definition) is 1. The van der Waals surface area contributed by atoms with Crippen LogP contribution in [0.3, 0.4) is 0 Å². The summed E-state index contributed by atoms with van der Waals surface area (Å²) >= 11 is 0. The molecule has 0 saturated heterocycles. The van der Waals surface area contributed by atoms with Crippen molar-refractivity contribution < 1.29 is 0 Å². The maximum absolute atomic E-state index is 4.13. The summed E-state index contributed by atoms with van der Waals surface area (Å²) < 4.78 is 0. The molecular weight excluding hydrogens is 148 g/mol. The Hall–Kier alpha value is -0.530. The molecule has 0 aliphatic carbocycles. The van der Waals surface area contributed by atoms with E-state index >= 15 is 0 Å². The van der Waals surface area contributed by atoms with Crippen molar-refractivity contribution >= 4 is 6.34 Å². The van der Waals surface area contributed by atoms with Gasteiger partial charge in [0.15, 0.2) is 0 Å². The van der Waals surface area contributed by atoms with Gasteiger partial charge in [-0.1, -0.05) is 26.7 Å². The molecule has 0 aromatic heterocycles. The summed E-state index contributed by atoms with van der Waals surface area (Å²) in [7, 11) is 0. The summed E-state index contributed by atoms with van der Waals surface area (Å²) in [6, 6.07) is 0.625. The molecule has 0 unspecified atom stereocenters. The second kappa shape index (κ2) is 8.57. The van der Waals surface area contributed by atoms with Crippen molar-refractivity contribution in [3.63, 3.8) is 0 Å². The molecule has 0 spiro atoms. The summed E-state index contributed by atoms with van der Waals surface area (Å²) in [4.78, 5) is 4.13. The van der Waals surface area contributed by atoms with E-state index in [0.29, 0.717) is 6.04 Å². The Balaban J connectivity index is 3.45. The standard InChI is InChI=1S/C10H22N2/c1-4-7-8-10(5-2)12-9-11-6-3/h9-10H,4-8H2,1-3H3,(H,11,12)/t10-/m1/s1. The van der Waals surface area contributed by atoms with Crippen LogP contribution < -0.4 is 5.32 Å². The third-order valence-corrected chi connectivity index (χ3v) is 1.98. The van der Waals surface area contributed by atoms with Gasteiger partial charge in [0.2, 0.25) is 0 Å². The predicted molar refractivity (Wildman–Crippen MR) is 55.8 cm³/mol. The average molecular weight is 170 g/mol. The van der Waals surface area contributed by atoms with Gasteiger partial charge in [-0.2, -0.15) is 0 Å². The van der Waals surface area contributed by atoms with Crippen molar-refractivity contribution in [1.82, 2.24) is 5.32 Å². The summed E-state index contributed by atoms with van der Waals surface area (Å²) in [5.74, 6) is 0. The average Bonchev–Trinajstić information content (AvgIpc) is 2.11. The molecule has 1 atom stereocenters. The van der Waals surface area contributed by atoms with Crippen LogP contribution in [0.4, 0.5) is 0 Å². The van der Waals surface area contributed by atoms with Gasteiger partial charge in [0.1, 0.15) is 0 Å². The number of nitrogens with one attached hydrogen (secondary N) is 1. The zero-order chi connectivity index (χ0) is 9.23. The minimum absolute atomic E-state index is 0.625. The van der Waals surface area contributed by atoms with E-state index in [0.717, 1.165) is 6.54 Å². The number of hydrogen-bond donors (Lipinski definition) is 1. The molecule has 0 amide bonds. The third-order valence-electron chi connectivity index (χ3n) is 1.98. The van der Waals surface area contributed by atoms with Crippen molar-refractivity contribution in [1.29, 1.82) is 0 Å². The topological polar surface area (TPSA) is 24.4 Å². The molecule has 0 aromatic rings. The van der Waals surface area contributed by atoms with Crippen molar-refractivity contribution in [3.05, 3.63) is 0 Å². The SMILES string of the molecule is CCCC[C@@H](CC)NC=NCC. The van der Waals surface area contributed by atoms with Crippen molar-refractivity contribution in [2.75, 3.05) is 6.54 Å². The Kier molecular flexibility index (Phi) is 8.19. The minimum atomic E-state index is 0.625. The molecule has 0 bridgehead atoms. The van der Waals surface area contributed by atoms with E-state index in [9.17, 15) is 0 Å². The lowest BCUT2D eigenvalue weighted by molar-refractivity contribution is 0.522. The Labute approximate surface area is 76.5 Å². The Morgan fingerprint density at radius 3 is 2.58 bits per heavy atom. The van der Waals surface area contributed by atoms with Crippen LogP contribution in [0.25, 0.3) is 0 Å². The van der Waals surface area contributed by atoms with E-state index in [1.165, 1.54) is 25.7 Å². The first-order valence-corrected chi connectivity index (χ1v) is 5.09. The van der Waals surface area contributed by atoms with E-state index in [2.05, 4.69) is 24.2 Å². The van der Waals surface area contributed by atoms with Crippen LogP contribution in [0, 0.1) is 0 Å². The normalized spacial score (nSPS) is 13.6. The Morgan fingerprint density at radius 1 is 1.33 bits per heavy atom. The summed E-state index contributed by atoms with van der Waals surface area (Å²) in [6.07, 6.45) is 6.90. The first-order chi connectivity index (χ1) is 5.85. The van der Waals surface area contributed by atoms with Crippen LogP contribution in [0.1, 0.15) is 46.5 Å².